The van der Waals surface area contributed by atoms with Crippen LogP contribution in [-0.4, -0.2) is 15.2 Å². The molecule has 4 nitrogen and oxygen atoms in total. The first kappa shape index (κ1) is 12.1. The number of halogens is 1. The van der Waals surface area contributed by atoms with Crippen molar-refractivity contribution in [1.29, 1.82) is 0 Å². The van der Waals surface area contributed by atoms with Crippen molar-refractivity contribution in [3.63, 3.8) is 0 Å². The molecular formula is C14H15FN2O2. The molecule has 0 unspecified atom stereocenters. The van der Waals surface area contributed by atoms with Crippen molar-refractivity contribution in [1.82, 2.24) is 10.1 Å². The van der Waals surface area contributed by atoms with Gasteiger partial charge in [0.15, 0.2) is 5.82 Å². The summed E-state index contributed by atoms with van der Waals surface area (Å²) < 4.78 is 18.8. The zero-order chi connectivity index (χ0) is 13.2. The van der Waals surface area contributed by atoms with Gasteiger partial charge in [0.25, 0.3) is 5.89 Å². The Labute approximate surface area is 110 Å². The average Bonchev–Trinajstić information content (AvgIpc) is 2.89. The maximum Gasteiger partial charge on any atom is 0.264 e. The first-order valence-corrected chi connectivity index (χ1v) is 6.57. The molecule has 1 saturated carbocycles. The van der Waals surface area contributed by atoms with Crippen LogP contribution in [0.2, 0.25) is 0 Å². The highest BCUT2D eigenvalue weighted by molar-refractivity contribution is 5.62. The van der Waals surface area contributed by atoms with Crippen LogP contribution in [0.3, 0.4) is 0 Å². The highest BCUT2D eigenvalue weighted by Crippen LogP contribution is 2.34. The summed E-state index contributed by atoms with van der Waals surface area (Å²) in [6, 6.07) is 4.11. The molecule has 19 heavy (non-hydrogen) atoms. The van der Waals surface area contributed by atoms with E-state index in [1.54, 1.807) is 0 Å². The van der Waals surface area contributed by atoms with Crippen molar-refractivity contribution in [2.45, 2.75) is 38.0 Å². The summed E-state index contributed by atoms with van der Waals surface area (Å²) in [4.78, 5) is 4.25. The number of rotatable bonds is 2. The average molecular weight is 262 g/mol. The summed E-state index contributed by atoms with van der Waals surface area (Å²) in [6.45, 7) is 0. The standard InChI is InChI=1S/C14H15FN2O2/c15-10-7-4-8-11(18)12(10)14-16-13(17-19-14)9-5-2-1-3-6-9/h4,7-9,18H,1-3,5-6H2. The second-order valence-corrected chi connectivity index (χ2v) is 4.93. The Morgan fingerprint density at radius 3 is 2.74 bits per heavy atom. The topological polar surface area (TPSA) is 59.2 Å². The van der Waals surface area contributed by atoms with Gasteiger partial charge in [-0.3, -0.25) is 0 Å². The molecule has 5 heteroatoms. The van der Waals surface area contributed by atoms with Crippen molar-refractivity contribution in [3.05, 3.63) is 29.8 Å². The number of hydrogen-bond donors (Lipinski definition) is 1. The maximum atomic E-state index is 13.7. The van der Waals surface area contributed by atoms with Crippen LogP contribution >= 0.6 is 0 Å². The summed E-state index contributed by atoms with van der Waals surface area (Å²) in [5.41, 5.74) is -0.0166. The lowest BCUT2D eigenvalue weighted by Gasteiger charge is -2.17. The van der Waals surface area contributed by atoms with Crippen molar-refractivity contribution < 1.29 is 14.0 Å². The zero-order valence-electron chi connectivity index (χ0n) is 10.5. The normalized spacial score (nSPS) is 16.7. The van der Waals surface area contributed by atoms with Crippen molar-refractivity contribution in [3.8, 4) is 17.2 Å². The van der Waals surface area contributed by atoms with Crippen LogP contribution in [0.1, 0.15) is 43.8 Å². The molecular weight excluding hydrogens is 247 g/mol. The van der Waals surface area contributed by atoms with Gasteiger partial charge in [0.1, 0.15) is 17.1 Å². The number of phenols is 1. The third-order valence-corrected chi connectivity index (χ3v) is 3.62. The Morgan fingerprint density at radius 2 is 2.00 bits per heavy atom. The predicted octanol–water partition coefficient (Wildman–Crippen LogP) is 3.63. The quantitative estimate of drug-likeness (QED) is 0.897. The van der Waals surface area contributed by atoms with E-state index in [1.807, 2.05) is 0 Å². The molecule has 1 aromatic heterocycles. The van der Waals surface area contributed by atoms with Gasteiger partial charge in [0.2, 0.25) is 0 Å². The molecule has 1 N–H and O–H groups in total. The molecule has 100 valence electrons. The molecule has 1 aliphatic carbocycles. The van der Waals surface area contributed by atoms with Gasteiger partial charge in [-0.1, -0.05) is 30.5 Å². The van der Waals surface area contributed by atoms with Gasteiger partial charge in [-0.2, -0.15) is 4.98 Å². The highest BCUT2D eigenvalue weighted by atomic mass is 19.1. The summed E-state index contributed by atoms with van der Waals surface area (Å²) in [6.07, 6.45) is 5.67. The van der Waals surface area contributed by atoms with E-state index in [4.69, 9.17) is 4.52 Å². The Kier molecular flexibility index (Phi) is 3.19. The molecule has 0 spiro atoms. The van der Waals surface area contributed by atoms with Gasteiger partial charge in [-0.05, 0) is 25.0 Å². The van der Waals surface area contributed by atoms with Gasteiger partial charge >= 0.3 is 0 Å². The fourth-order valence-corrected chi connectivity index (χ4v) is 2.59. The largest absolute Gasteiger partial charge is 0.507 e. The summed E-state index contributed by atoms with van der Waals surface area (Å²) in [7, 11) is 0. The van der Waals surface area contributed by atoms with E-state index in [-0.39, 0.29) is 17.2 Å². The van der Waals surface area contributed by atoms with Crippen LogP contribution in [0, 0.1) is 5.82 Å². The van der Waals surface area contributed by atoms with Crippen molar-refractivity contribution in [2.24, 2.45) is 0 Å². The van der Waals surface area contributed by atoms with Crippen LogP contribution in [0.25, 0.3) is 11.5 Å². The fraction of sp³-hybridized carbons (Fsp3) is 0.429. The lowest BCUT2D eigenvalue weighted by atomic mass is 9.89. The van der Waals surface area contributed by atoms with E-state index >= 15 is 0 Å². The summed E-state index contributed by atoms with van der Waals surface area (Å²) >= 11 is 0. The maximum absolute atomic E-state index is 13.7. The molecule has 1 aliphatic rings. The Hall–Kier alpha value is -1.91. The Balaban J connectivity index is 1.92. The Morgan fingerprint density at radius 1 is 1.21 bits per heavy atom. The molecule has 2 aromatic rings. The lowest BCUT2D eigenvalue weighted by Crippen LogP contribution is -2.06. The summed E-state index contributed by atoms with van der Waals surface area (Å²) in [5, 5.41) is 13.6. The minimum absolute atomic E-state index is 0.0166. The van der Waals surface area contributed by atoms with E-state index in [2.05, 4.69) is 10.1 Å². The molecule has 1 aromatic carbocycles. The molecule has 3 rings (SSSR count). The number of hydrogen-bond acceptors (Lipinski definition) is 4. The molecule has 0 amide bonds. The first-order valence-electron chi connectivity index (χ1n) is 6.57. The van der Waals surface area contributed by atoms with Crippen LogP contribution in [-0.2, 0) is 0 Å². The SMILES string of the molecule is Oc1cccc(F)c1-c1nc(C2CCCCC2)no1. The molecule has 0 radical (unpaired) electrons. The number of nitrogens with zero attached hydrogens (tertiary/aromatic N) is 2. The third kappa shape index (κ3) is 2.32. The monoisotopic (exact) mass is 262 g/mol. The molecule has 0 atom stereocenters. The Bertz CT molecular complexity index is 556. The van der Waals surface area contributed by atoms with Crippen molar-refractivity contribution >= 4 is 0 Å². The lowest BCUT2D eigenvalue weighted by molar-refractivity contribution is 0.383. The van der Waals surface area contributed by atoms with Crippen LogP contribution < -0.4 is 0 Å². The summed E-state index contributed by atoms with van der Waals surface area (Å²) in [5.74, 6) is 0.228. The fourth-order valence-electron chi connectivity index (χ4n) is 2.59. The van der Waals surface area contributed by atoms with E-state index < -0.39 is 5.82 Å². The first-order chi connectivity index (χ1) is 9.25. The van der Waals surface area contributed by atoms with Crippen molar-refractivity contribution in [2.75, 3.05) is 0 Å². The van der Waals surface area contributed by atoms with Gasteiger partial charge in [0.05, 0.1) is 0 Å². The second-order valence-electron chi connectivity index (χ2n) is 4.93. The molecule has 1 heterocycles. The van der Waals surface area contributed by atoms with Crippen LogP contribution in [0.15, 0.2) is 22.7 Å². The predicted molar refractivity (Wildman–Crippen MR) is 67.2 cm³/mol. The van der Waals surface area contributed by atoms with Gasteiger partial charge in [-0.15, -0.1) is 0 Å². The van der Waals surface area contributed by atoms with E-state index in [0.717, 1.165) is 12.8 Å². The molecule has 1 fully saturated rings. The second kappa shape index (κ2) is 4.99. The van der Waals surface area contributed by atoms with Gasteiger partial charge < -0.3 is 9.63 Å². The number of phenolic OH excluding ortho intramolecular Hbond substituents is 1. The third-order valence-electron chi connectivity index (χ3n) is 3.62. The van der Waals surface area contributed by atoms with Gasteiger partial charge in [0, 0.05) is 5.92 Å². The van der Waals surface area contributed by atoms with Gasteiger partial charge in [-0.25, -0.2) is 4.39 Å². The highest BCUT2D eigenvalue weighted by Gasteiger charge is 2.23. The van der Waals surface area contributed by atoms with E-state index in [9.17, 15) is 9.50 Å². The van der Waals surface area contributed by atoms with E-state index in [1.165, 1.54) is 37.5 Å². The molecule has 0 aliphatic heterocycles. The molecule has 0 saturated heterocycles. The van der Waals surface area contributed by atoms with Crippen LogP contribution in [0.5, 0.6) is 5.75 Å². The minimum Gasteiger partial charge on any atom is -0.507 e. The minimum atomic E-state index is -0.557. The van der Waals surface area contributed by atoms with E-state index in [0.29, 0.717) is 11.7 Å². The zero-order valence-corrected chi connectivity index (χ0v) is 10.5. The number of benzene rings is 1. The number of aromatic hydroxyl groups is 1. The molecule has 0 bridgehead atoms. The van der Waals surface area contributed by atoms with Crippen LogP contribution in [0.4, 0.5) is 4.39 Å². The smallest absolute Gasteiger partial charge is 0.264 e. The number of aromatic nitrogens is 2.